The average molecular weight is 546 g/mol. The molecule has 31 heavy (non-hydrogen) atoms. The first-order valence-corrected chi connectivity index (χ1v) is 11.3. The lowest BCUT2D eigenvalue weighted by atomic mass is 10.1. The number of rotatable bonds is 8. The zero-order chi connectivity index (χ0) is 22.1. The van der Waals surface area contributed by atoms with Crippen molar-refractivity contribution in [3.05, 3.63) is 87.5 Å². The van der Waals surface area contributed by atoms with Gasteiger partial charge >= 0.3 is 0 Å². The standard InChI is InChI=1S/C24H23IN2O3S/c1-29-22-13-12-18(15-21(22)25)23(28)27-24(31)26-19-10-5-11-20(16-19)30-14-6-9-17-7-3-2-4-8-17/h2-5,7-8,10-13,15-16H,6,9,14H2,1H3,(H2,26,27,28,31). The first-order valence-electron chi connectivity index (χ1n) is 9.78. The molecule has 3 aromatic carbocycles. The second kappa shape index (κ2) is 11.7. The number of methoxy groups -OCH3 is 1. The van der Waals surface area contributed by atoms with Crippen LogP contribution in [0.4, 0.5) is 5.69 Å². The number of hydrogen-bond donors (Lipinski definition) is 2. The molecule has 3 aromatic rings. The Morgan fingerprint density at radius 3 is 2.58 bits per heavy atom. The highest BCUT2D eigenvalue weighted by molar-refractivity contribution is 14.1. The summed E-state index contributed by atoms with van der Waals surface area (Å²) < 4.78 is 11.9. The van der Waals surface area contributed by atoms with E-state index in [4.69, 9.17) is 21.7 Å². The number of anilines is 1. The lowest BCUT2D eigenvalue weighted by molar-refractivity contribution is 0.0977. The predicted octanol–water partition coefficient (Wildman–Crippen LogP) is 5.44. The van der Waals surface area contributed by atoms with Crippen LogP contribution < -0.4 is 20.1 Å². The van der Waals surface area contributed by atoms with Crippen molar-refractivity contribution in [1.29, 1.82) is 0 Å². The van der Waals surface area contributed by atoms with Gasteiger partial charge in [-0.2, -0.15) is 0 Å². The lowest BCUT2D eigenvalue weighted by Crippen LogP contribution is -2.34. The van der Waals surface area contributed by atoms with Gasteiger partial charge in [-0.1, -0.05) is 36.4 Å². The summed E-state index contributed by atoms with van der Waals surface area (Å²) in [5.74, 6) is 1.18. The lowest BCUT2D eigenvalue weighted by Gasteiger charge is -2.12. The average Bonchev–Trinajstić information content (AvgIpc) is 2.77. The fraction of sp³-hybridized carbons (Fsp3) is 0.167. The number of benzene rings is 3. The highest BCUT2D eigenvalue weighted by Crippen LogP contribution is 2.22. The second-order valence-corrected chi connectivity index (χ2v) is 8.29. The van der Waals surface area contributed by atoms with Gasteiger partial charge < -0.3 is 14.8 Å². The van der Waals surface area contributed by atoms with Gasteiger partial charge in [0.15, 0.2) is 5.11 Å². The number of ether oxygens (including phenoxy) is 2. The van der Waals surface area contributed by atoms with Crippen molar-refractivity contribution in [3.8, 4) is 11.5 Å². The van der Waals surface area contributed by atoms with Crippen LogP contribution >= 0.6 is 34.8 Å². The van der Waals surface area contributed by atoms with Crippen LogP contribution in [0.2, 0.25) is 0 Å². The smallest absolute Gasteiger partial charge is 0.257 e. The normalized spacial score (nSPS) is 10.3. The molecule has 1 amide bonds. The molecule has 0 aliphatic carbocycles. The number of hydrogen-bond acceptors (Lipinski definition) is 4. The molecular formula is C24H23IN2O3S. The number of aryl methyl sites for hydroxylation is 1. The zero-order valence-electron chi connectivity index (χ0n) is 17.1. The molecule has 0 fully saturated rings. The highest BCUT2D eigenvalue weighted by Gasteiger charge is 2.11. The van der Waals surface area contributed by atoms with Gasteiger partial charge in [-0.25, -0.2) is 0 Å². The molecule has 0 aromatic heterocycles. The Bertz CT molecular complexity index is 1040. The van der Waals surface area contributed by atoms with Crippen molar-refractivity contribution < 1.29 is 14.3 Å². The number of halogens is 1. The summed E-state index contributed by atoms with van der Waals surface area (Å²) in [7, 11) is 1.59. The van der Waals surface area contributed by atoms with Crippen molar-refractivity contribution in [2.24, 2.45) is 0 Å². The van der Waals surface area contributed by atoms with Gasteiger partial charge in [-0.3, -0.25) is 10.1 Å². The Kier molecular flexibility index (Phi) is 8.66. The summed E-state index contributed by atoms with van der Waals surface area (Å²) in [5, 5.41) is 5.94. The third kappa shape index (κ3) is 7.22. The van der Waals surface area contributed by atoms with E-state index in [0.29, 0.717) is 12.2 Å². The molecule has 0 spiro atoms. The Morgan fingerprint density at radius 1 is 1.03 bits per heavy atom. The fourth-order valence-electron chi connectivity index (χ4n) is 2.92. The van der Waals surface area contributed by atoms with E-state index in [9.17, 15) is 4.79 Å². The monoisotopic (exact) mass is 546 g/mol. The number of carbonyl (C=O) groups excluding carboxylic acids is 1. The van der Waals surface area contributed by atoms with Crippen LogP contribution in [0, 0.1) is 3.57 Å². The summed E-state index contributed by atoms with van der Waals surface area (Å²) in [6, 6.07) is 23.0. The number of amides is 1. The Morgan fingerprint density at radius 2 is 1.84 bits per heavy atom. The molecule has 0 aliphatic heterocycles. The van der Waals surface area contributed by atoms with Gasteiger partial charge in [0, 0.05) is 17.3 Å². The Hall–Kier alpha value is -2.65. The van der Waals surface area contributed by atoms with E-state index >= 15 is 0 Å². The van der Waals surface area contributed by atoms with Crippen LogP contribution in [0.25, 0.3) is 0 Å². The molecular weight excluding hydrogens is 523 g/mol. The van der Waals surface area contributed by atoms with Gasteiger partial charge in [-0.05, 0) is 83.5 Å². The van der Waals surface area contributed by atoms with E-state index < -0.39 is 0 Å². The van der Waals surface area contributed by atoms with Gasteiger partial charge in [0.1, 0.15) is 11.5 Å². The van der Waals surface area contributed by atoms with E-state index in [2.05, 4.69) is 45.4 Å². The van der Waals surface area contributed by atoms with Crippen molar-refractivity contribution in [3.63, 3.8) is 0 Å². The Balaban J connectivity index is 1.48. The zero-order valence-corrected chi connectivity index (χ0v) is 20.0. The predicted molar refractivity (Wildman–Crippen MR) is 136 cm³/mol. The third-order valence-electron chi connectivity index (χ3n) is 4.45. The first-order chi connectivity index (χ1) is 15.0. The van der Waals surface area contributed by atoms with Gasteiger partial charge in [0.2, 0.25) is 0 Å². The molecule has 0 saturated carbocycles. The topological polar surface area (TPSA) is 59.6 Å². The van der Waals surface area contributed by atoms with E-state index in [1.54, 1.807) is 25.3 Å². The van der Waals surface area contributed by atoms with Crippen molar-refractivity contribution in [2.45, 2.75) is 12.8 Å². The molecule has 0 bridgehead atoms. The van der Waals surface area contributed by atoms with E-state index in [1.165, 1.54) is 5.56 Å². The number of carbonyl (C=O) groups is 1. The third-order valence-corrected chi connectivity index (χ3v) is 5.50. The SMILES string of the molecule is COc1ccc(C(=O)NC(=S)Nc2cccc(OCCCc3ccccc3)c2)cc1I. The maximum Gasteiger partial charge on any atom is 0.257 e. The first kappa shape index (κ1) is 23.0. The molecule has 0 unspecified atom stereocenters. The van der Waals surface area contributed by atoms with Crippen molar-refractivity contribution in [1.82, 2.24) is 5.32 Å². The number of nitrogens with one attached hydrogen (secondary N) is 2. The van der Waals surface area contributed by atoms with Crippen molar-refractivity contribution >= 4 is 51.5 Å². The van der Waals surface area contributed by atoms with Crippen LogP contribution in [0.1, 0.15) is 22.3 Å². The minimum Gasteiger partial charge on any atom is -0.496 e. The molecule has 5 nitrogen and oxygen atoms in total. The fourth-order valence-corrected chi connectivity index (χ4v) is 3.87. The molecule has 0 radical (unpaired) electrons. The van der Waals surface area contributed by atoms with Gasteiger partial charge in [-0.15, -0.1) is 0 Å². The second-order valence-electron chi connectivity index (χ2n) is 6.72. The Labute approximate surface area is 201 Å². The van der Waals surface area contributed by atoms with E-state index in [-0.39, 0.29) is 11.0 Å². The highest BCUT2D eigenvalue weighted by atomic mass is 127. The number of thiocarbonyl (C=S) groups is 1. The molecule has 2 N–H and O–H groups in total. The summed E-state index contributed by atoms with van der Waals surface area (Å²) >= 11 is 7.41. The van der Waals surface area contributed by atoms with Crippen LogP contribution in [0.5, 0.6) is 11.5 Å². The van der Waals surface area contributed by atoms with Crippen LogP contribution in [0.15, 0.2) is 72.8 Å². The quantitative estimate of drug-likeness (QED) is 0.224. The molecule has 0 aliphatic rings. The molecule has 0 saturated heterocycles. The van der Waals surface area contributed by atoms with Crippen LogP contribution in [0.3, 0.4) is 0 Å². The molecule has 7 heteroatoms. The largest absolute Gasteiger partial charge is 0.496 e. The summed E-state index contributed by atoms with van der Waals surface area (Å²) in [5.41, 5.74) is 2.55. The minimum atomic E-state index is -0.286. The maximum absolute atomic E-state index is 12.4. The van der Waals surface area contributed by atoms with Crippen LogP contribution in [-0.2, 0) is 6.42 Å². The summed E-state index contributed by atoms with van der Waals surface area (Å²) in [6.45, 7) is 0.621. The summed E-state index contributed by atoms with van der Waals surface area (Å²) in [6.07, 6.45) is 1.90. The maximum atomic E-state index is 12.4. The summed E-state index contributed by atoms with van der Waals surface area (Å²) in [4.78, 5) is 12.4. The van der Waals surface area contributed by atoms with E-state index in [1.807, 2.05) is 42.5 Å². The van der Waals surface area contributed by atoms with Gasteiger partial charge in [0.05, 0.1) is 17.3 Å². The van der Waals surface area contributed by atoms with Gasteiger partial charge in [0.25, 0.3) is 5.91 Å². The molecule has 160 valence electrons. The molecule has 0 heterocycles. The van der Waals surface area contributed by atoms with Crippen molar-refractivity contribution in [2.75, 3.05) is 19.0 Å². The van der Waals surface area contributed by atoms with E-state index in [0.717, 1.165) is 33.6 Å². The minimum absolute atomic E-state index is 0.219. The van der Waals surface area contributed by atoms with Crippen LogP contribution in [-0.4, -0.2) is 24.7 Å². The molecule has 3 rings (SSSR count). The molecule has 0 atom stereocenters.